The van der Waals surface area contributed by atoms with E-state index in [0.29, 0.717) is 17.1 Å². The van der Waals surface area contributed by atoms with Crippen LogP contribution in [0.25, 0.3) is 10.4 Å². The SMILES string of the molecule is CCc1sc(N)c(C(=O)NCc2ccccc2)c1-c1cccs1. The monoisotopic (exact) mass is 342 g/mol. The van der Waals surface area contributed by atoms with Gasteiger partial charge >= 0.3 is 0 Å². The maximum Gasteiger partial charge on any atom is 0.255 e. The molecular weight excluding hydrogens is 324 g/mol. The number of hydrogen-bond donors (Lipinski definition) is 2. The first-order valence-corrected chi connectivity index (χ1v) is 9.17. The first-order chi connectivity index (χ1) is 11.2. The van der Waals surface area contributed by atoms with E-state index in [1.165, 1.54) is 11.3 Å². The van der Waals surface area contributed by atoms with Gasteiger partial charge in [0.05, 0.1) is 10.6 Å². The average molecular weight is 342 g/mol. The van der Waals surface area contributed by atoms with Crippen LogP contribution in [-0.2, 0) is 13.0 Å². The molecule has 1 amide bonds. The van der Waals surface area contributed by atoms with E-state index in [0.717, 1.165) is 27.3 Å². The largest absolute Gasteiger partial charge is 0.390 e. The lowest BCUT2D eigenvalue weighted by atomic mass is 10.1. The van der Waals surface area contributed by atoms with Crippen LogP contribution in [0, 0.1) is 0 Å². The van der Waals surface area contributed by atoms with Crippen molar-refractivity contribution in [2.24, 2.45) is 0 Å². The van der Waals surface area contributed by atoms with Crippen LogP contribution in [0.3, 0.4) is 0 Å². The molecule has 0 radical (unpaired) electrons. The summed E-state index contributed by atoms with van der Waals surface area (Å²) in [4.78, 5) is 15.0. The Kier molecular flexibility index (Phi) is 4.79. The number of rotatable bonds is 5. The van der Waals surface area contributed by atoms with Crippen molar-refractivity contribution in [3.8, 4) is 10.4 Å². The van der Waals surface area contributed by atoms with Gasteiger partial charge in [-0.3, -0.25) is 4.79 Å². The number of nitrogen functional groups attached to an aromatic ring is 1. The molecule has 0 saturated carbocycles. The van der Waals surface area contributed by atoms with Crippen molar-refractivity contribution in [3.63, 3.8) is 0 Å². The van der Waals surface area contributed by atoms with Crippen LogP contribution >= 0.6 is 22.7 Å². The molecule has 2 heterocycles. The van der Waals surface area contributed by atoms with Gasteiger partial charge in [-0.15, -0.1) is 22.7 Å². The van der Waals surface area contributed by atoms with Crippen molar-refractivity contribution >= 4 is 33.6 Å². The number of nitrogens with two attached hydrogens (primary N) is 1. The Labute approximate surface area is 143 Å². The van der Waals surface area contributed by atoms with E-state index in [4.69, 9.17) is 5.73 Å². The highest BCUT2D eigenvalue weighted by Gasteiger charge is 2.23. The van der Waals surface area contributed by atoms with E-state index in [-0.39, 0.29) is 5.91 Å². The van der Waals surface area contributed by atoms with E-state index < -0.39 is 0 Å². The molecular formula is C18H18N2OS2. The molecule has 2 aromatic heterocycles. The molecule has 1 aromatic carbocycles. The fraction of sp³-hybridized carbons (Fsp3) is 0.167. The average Bonchev–Trinajstić information content (AvgIpc) is 3.20. The van der Waals surface area contributed by atoms with Crippen LogP contribution in [0.4, 0.5) is 5.00 Å². The Morgan fingerprint density at radius 3 is 2.61 bits per heavy atom. The van der Waals surface area contributed by atoms with Gasteiger partial charge < -0.3 is 11.1 Å². The summed E-state index contributed by atoms with van der Waals surface area (Å²) in [6.07, 6.45) is 0.869. The molecule has 0 spiro atoms. The van der Waals surface area contributed by atoms with Crippen LogP contribution in [0.5, 0.6) is 0 Å². The molecule has 0 aliphatic carbocycles. The number of hydrogen-bond acceptors (Lipinski definition) is 4. The van der Waals surface area contributed by atoms with E-state index in [1.54, 1.807) is 11.3 Å². The van der Waals surface area contributed by atoms with Gasteiger partial charge in [-0.05, 0) is 23.4 Å². The van der Waals surface area contributed by atoms with Gasteiger partial charge in [-0.25, -0.2) is 0 Å². The molecule has 3 rings (SSSR count). The standard InChI is InChI=1S/C18H18N2OS2/c1-2-13-15(14-9-6-10-22-14)16(17(19)23-13)18(21)20-11-12-7-4-3-5-8-12/h3-10H,2,11,19H2,1H3,(H,20,21). The fourth-order valence-electron chi connectivity index (χ4n) is 2.52. The Bertz CT molecular complexity index is 792. The van der Waals surface area contributed by atoms with Crippen LogP contribution in [0.2, 0.25) is 0 Å². The molecule has 3 nitrogen and oxygen atoms in total. The van der Waals surface area contributed by atoms with Crippen molar-refractivity contribution < 1.29 is 4.79 Å². The van der Waals surface area contributed by atoms with Gasteiger partial charge in [0.15, 0.2) is 0 Å². The predicted octanol–water partition coefficient (Wildman–Crippen LogP) is 4.55. The maximum absolute atomic E-state index is 12.7. The fourth-order valence-corrected chi connectivity index (χ4v) is 4.41. The predicted molar refractivity (Wildman–Crippen MR) is 99.0 cm³/mol. The van der Waals surface area contributed by atoms with Crippen LogP contribution < -0.4 is 11.1 Å². The minimum Gasteiger partial charge on any atom is -0.390 e. The lowest BCUT2D eigenvalue weighted by Crippen LogP contribution is -2.23. The summed E-state index contributed by atoms with van der Waals surface area (Å²) in [6, 6.07) is 13.9. The number of nitrogens with one attached hydrogen (secondary N) is 1. The van der Waals surface area contributed by atoms with E-state index in [2.05, 4.69) is 12.2 Å². The quantitative estimate of drug-likeness (QED) is 0.714. The second-order valence-corrected chi connectivity index (χ2v) is 7.22. The first kappa shape index (κ1) is 15.8. The minimum absolute atomic E-state index is 0.106. The molecule has 0 aliphatic rings. The van der Waals surface area contributed by atoms with Crippen LogP contribution in [0.15, 0.2) is 47.8 Å². The zero-order chi connectivity index (χ0) is 16.2. The topological polar surface area (TPSA) is 55.1 Å². The molecule has 118 valence electrons. The van der Waals surface area contributed by atoms with E-state index >= 15 is 0 Å². The number of carbonyl (C=O) groups is 1. The molecule has 3 aromatic rings. The molecule has 0 atom stereocenters. The lowest BCUT2D eigenvalue weighted by Gasteiger charge is -2.08. The summed E-state index contributed by atoms with van der Waals surface area (Å²) < 4.78 is 0. The van der Waals surface area contributed by atoms with Gasteiger partial charge in [0.2, 0.25) is 0 Å². The highest BCUT2D eigenvalue weighted by Crippen LogP contribution is 2.40. The second-order valence-electron chi connectivity index (χ2n) is 5.14. The molecule has 0 unspecified atom stereocenters. The molecule has 0 fully saturated rings. The summed E-state index contributed by atoms with van der Waals surface area (Å²) in [5, 5.41) is 5.60. The zero-order valence-corrected chi connectivity index (χ0v) is 14.5. The highest BCUT2D eigenvalue weighted by molar-refractivity contribution is 7.18. The zero-order valence-electron chi connectivity index (χ0n) is 12.8. The van der Waals surface area contributed by atoms with Crippen molar-refractivity contribution in [2.45, 2.75) is 19.9 Å². The van der Waals surface area contributed by atoms with Crippen molar-refractivity contribution in [1.82, 2.24) is 5.32 Å². The highest BCUT2D eigenvalue weighted by atomic mass is 32.1. The maximum atomic E-state index is 12.7. The van der Waals surface area contributed by atoms with Gasteiger partial charge in [0.1, 0.15) is 0 Å². The van der Waals surface area contributed by atoms with Crippen molar-refractivity contribution in [3.05, 3.63) is 63.8 Å². The third kappa shape index (κ3) is 3.30. The summed E-state index contributed by atoms with van der Waals surface area (Å²) in [5.74, 6) is -0.106. The molecule has 5 heteroatoms. The number of carbonyl (C=O) groups excluding carboxylic acids is 1. The number of aryl methyl sites for hydroxylation is 1. The van der Waals surface area contributed by atoms with E-state index in [9.17, 15) is 4.79 Å². The molecule has 0 aliphatic heterocycles. The molecule has 23 heavy (non-hydrogen) atoms. The number of benzene rings is 1. The Hall–Kier alpha value is -2.11. The third-order valence-electron chi connectivity index (χ3n) is 3.62. The lowest BCUT2D eigenvalue weighted by molar-refractivity contribution is 0.0953. The first-order valence-electron chi connectivity index (χ1n) is 7.47. The van der Waals surface area contributed by atoms with Crippen molar-refractivity contribution in [1.29, 1.82) is 0 Å². The van der Waals surface area contributed by atoms with Crippen LogP contribution in [-0.4, -0.2) is 5.91 Å². The summed E-state index contributed by atoms with van der Waals surface area (Å²) in [6.45, 7) is 2.59. The van der Waals surface area contributed by atoms with Crippen LogP contribution in [0.1, 0.15) is 27.7 Å². The van der Waals surface area contributed by atoms with Gasteiger partial charge in [0.25, 0.3) is 5.91 Å². The molecule has 0 bridgehead atoms. The van der Waals surface area contributed by atoms with Gasteiger partial charge in [0, 0.05) is 21.9 Å². The Balaban J connectivity index is 1.90. The van der Waals surface area contributed by atoms with E-state index in [1.807, 2.05) is 47.8 Å². The smallest absolute Gasteiger partial charge is 0.255 e. The summed E-state index contributed by atoms with van der Waals surface area (Å²) in [5.41, 5.74) is 8.84. The summed E-state index contributed by atoms with van der Waals surface area (Å²) >= 11 is 3.15. The minimum atomic E-state index is -0.106. The second kappa shape index (κ2) is 6.98. The van der Waals surface area contributed by atoms with Crippen molar-refractivity contribution in [2.75, 3.05) is 5.73 Å². The van der Waals surface area contributed by atoms with Gasteiger partial charge in [-0.1, -0.05) is 43.3 Å². The number of amides is 1. The molecule has 3 N–H and O–H groups in total. The normalized spacial score (nSPS) is 10.7. The Morgan fingerprint density at radius 1 is 1.17 bits per heavy atom. The van der Waals surface area contributed by atoms with Gasteiger partial charge in [-0.2, -0.15) is 0 Å². The number of thiophene rings is 2. The summed E-state index contributed by atoms with van der Waals surface area (Å²) in [7, 11) is 0. The third-order valence-corrected chi connectivity index (χ3v) is 5.67. The Morgan fingerprint density at radius 2 is 1.96 bits per heavy atom. The molecule has 0 saturated heterocycles. The number of anilines is 1.